The van der Waals surface area contributed by atoms with E-state index in [1.165, 1.54) is 6.42 Å². The van der Waals surface area contributed by atoms with Crippen LogP contribution < -0.4 is 10.6 Å². The molecule has 1 aliphatic heterocycles. The summed E-state index contributed by atoms with van der Waals surface area (Å²) in [5.41, 5.74) is 7.18. The van der Waals surface area contributed by atoms with Crippen LogP contribution in [0.15, 0.2) is 18.3 Å². The molecular formula is C14H23N3. The van der Waals surface area contributed by atoms with Crippen LogP contribution in [0.5, 0.6) is 0 Å². The first kappa shape index (κ1) is 12.4. The van der Waals surface area contributed by atoms with Crippen LogP contribution in [0, 0.1) is 11.8 Å². The average Bonchev–Trinajstić information content (AvgIpc) is 2.32. The maximum Gasteiger partial charge on any atom is 0.133 e. The Labute approximate surface area is 104 Å². The number of anilines is 1. The highest BCUT2D eigenvalue weighted by Gasteiger charge is 2.25. The van der Waals surface area contributed by atoms with Crippen molar-refractivity contribution in [3.05, 3.63) is 23.9 Å². The van der Waals surface area contributed by atoms with Crippen molar-refractivity contribution in [2.45, 2.75) is 33.2 Å². The molecule has 2 unspecified atom stereocenters. The van der Waals surface area contributed by atoms with Crippen LogP contribution in [0.4, 0.5) is 5.82 Å². The van der Waals surface area contributed by atoms with Gasteiger partial charge in [-0.25, -0.2) is 4.98 Å². The molecule has 2 heterocycles. The van der Waals surface area contributed by atoms with Crippen molar-refractivity contribution in [2.75, 3.05) is 18.0 Å². The minimum Gasteiger partial charge on any atom is -0.356 e. The van der Waals surface area contributed by atoms with Gasteiger partial charge in [0.05, 0.1) is 0 Å². The Morgan fingerprint density at radius 2 is 2.18 bits per heavy atom. The summed E-state index contributed by atoms with van der Waals surface area (Å²) in [7, 11) is 0. The smallest absolute Gasteiger partial charge is 0.133 e. The number of hydrogen-bond donors (Lipinski definition) is 1. The zero-order valence-corrected chi connectivity index (χ0v) is 11.1. The Hall–Kier alpha value is -1.09. The molecule has 3 heteroatoms. The van der Waals surface area contributed by atoms with E-state index >= 15 is 0 Å². The number of nitrogens with zero attached hydrogens (tertiary/aromatic N) is 2. The average molecular weight is 233 g/mol. The van der Waals surface area contributed by atoms with Gasteiger partial charge >= 0.3 is 0 Å². The van der Waals surface area contributed by atoms with Crippen LogP contribution in [0.2, 0.25) is 0 Å². The van der Waals surface area contributed by atoms with E-state index in [1.54, 1.807) is 0 Å². The fourth-order valence-electron chi connectivity index (χ4n) is 2.48. The number of rotatable bonds is 2. The van der Waals surface area contributed by atoms with Gasteiger partial charge in [0.2, 0.25) is 0 Å². The number of piperidine rings is 1. The van der Waals surface area contributed by atoms with Crippen LogP contribution >= 0.6 is 0 Å². The molecule has 1 aromatic rings. The second-order valence-electron chi connectivity index (χ2n) is 5.39. The summed E-state index contributed by atoms with van der Waals surface area (Å²) in [4.78, 5) is 6.92. The van der Waals surface area contributed by atoms with E-state index in [0.717, 1.165) is 36.3 Å². The summed E-state index contributed by atoms with van der Waals surface area (Å²) in [6.45, 7) is 8.88. The van der Waals surface area contributed by atoms with Gasteiger partial charge in [-0.1, -0.05) is 19.9 Å². The highest BCUT2D eigenvalue weighted by molar-refractivity contribution is 5.48. The molecule has 1 aromatic heterocycles. The fraction of sp³-hybridized carbons (Fsp3) is 0.643. The Balaban J connectivity index is 2.22. The van der Waals surface area contributed by atoms with Crippen LogP contribution in [0.1, 0.15) is 38.8 Å². The Morgan fingerprint density at radius 1 is 1.41 bits per heavy atom. The summed E-state index contributed by atoms with van der Waals surface area (Å²) < 4.78 is 0. The van der Waals surface area contributed by atoms with E-state index in [1.807, 2.05) is 19.2 Å². The molecule has 0 bridgehead atoms. The third-order valence-corrected chi connectivity index (χ3v) is 3.94. The van der Waals surface area contributed by atoms with Crippen molar-refractivity contribution in [2.24, 2.45) is 17.6 Å². The topological polar surface area (TPSA) is 42.2 Å². The van der Waals surface area contributed by atoms with E-state index in [-0.39, 0.29) is 6.04 Å². The summed E-state index contributed by atoms with van der Waals surface area (Å²) in [5, 5.41) is 0. The van der Waals surface area contributed by atoms with Crippen molar-refractivity contribution in [1.82, 2.24) is 4.98 Å². The van der Waals surface area contributed by atoms with E-state index in [0.29, 0.717) is 0 Å². The van der Waals surface area contributed by atoms with Crippen LogP contribution in [0.3, 0.4) is 0 Å². The molecule has 1 saturated heterocycles. The van der Waals surface area contributed by atoms with Crippen molar-refractivity contribution >= 4 is 5.82 Å². The lowest BCUT2D eigenvalue weighted by molar-refractivity contribution is 0.322. The normalized spacial score (nSPS) is 26.9. The summed E-state index contributed by atoms with van der Waals surface area (Å²) >= 11 is 0. The number of aromatic nitrogens is 1. The molecule has 2 N–H and O–H groups in total. The fourth-order valence-corrected chi connectivity index (χ4v) is 2.48. The lowest BCUT2D eigenvalue weighted by Gasteiger charge is -2.37. The van der Waals surface area contributed by atoms with Gasteiger partial charge < -0.3 is 10.6 Å². The van der Waals surface area contributed by atoms with Crippen molar-refractivity contribution in [1.29, 1.82) is 0 Å². The summed E-state index contributed by atoms with van der Waals surface area (Å²) in [6, 6.07) is 4.11. The predicted octanol–water partition coefficient (Wildman–Crippen LogP) is 2.58. The minimum absolute atomic E-state index is 0.0494. The van der Waals surface area contributed by atoms with Gasteiger partial charge in [0.15, 0.2) is 0 Å². The predicted molar refractivity (Wildman–Crippen MR) is 72.0 cm³/mol. The third kappa shape index (κ3) is 2.60. The Bertz CT molecular complexity index is 375. The Morgan fingerprint density at radius 3 is 2.82 bits per heavy atom. The zero-order chi connectivity index (χ0) is 12.4. The molecule has 0 radical (unpaired) electrons. The molecule has 94 valence electrons. The van der Waals surface area contributed by atoms with Crippen LogP contribution in [-0.4, -0.2) is 18.1 Å². The van der Waals surface area contributed by atoms with Gasteiger partial charge in [-0.2, -0.15) is 0 Å². The third-order valence-electron chi connectivity index (χ3n) is 3.94. The van der Waals surface area contributed by atoms with Crippen molar-refractivity contribution < 1.29 is 0 Å². The van der Waals surface area contributed by atoms with Gasteiger partial charge in [0, 0.05) is 30.9 Å². The van der Waals surface area contributed by atoms with Crippen molar-refractivity contribution in [3.63, 3.8) is 0 Å². The lowest BCUT2D eigenvalue weighted by Crippen LogP contribution is -2.39. The first-order valence-corrected chi connectivity index (χ1v) is 6.55. The quantitative estimate of drug-likeness (QED) is 0.853. The second kappa shape index (κ2) is 5.05. The van der Waals surface area contributed by atoms with E-state index in [4.69, 9.17) is 5.73 Å². The molecule has 0 aliphatic carbocycles. The number of pyridine rings is 1. The maximum atomic E-state index is 6.02. The largest absolute Gasteiger partial charge is 0.356 e. The van der Waals surface area contributed by atoms with Crippen LogP contribution in [0.25, 0.3) is 0 Å². The standard InChI is InChI=1S/C14H23N3/c1-10-6-8-17(9-11(10)2)14-13(12(3)15)5-4-7-16-14/h4-5,7,10-12H,6,8-9,15H2,1-3H3/t10?,11?,12-/m1/s1. The lowest BCUT2D eigenvalue weighted by atomic mass is 9.88. The molecular weight excluding hydrogens is 210 g/mol. The van der Waals surface area contributed by atoms with Gasteiger partial charge in [0.25, 0.3) is 0 Å². The minimum atomic E-state index is 0.0494. The van der Waals surface area contributed by atoms with Crippen molar-refractivity contribution in [3.8, 4) is 0 Å². The second-order valence-corrected chi connectivity index (χ2v) is 5.39. The van der Waals surface area contributed by atoms with Gasteiger partial charge in [-0.15, -0.1) is 0 Å². The molecule has 17 heavy (non-hydrogen) atoms. The molecule has 0 aromatic carbocycles. The molecule has 2 rings (SSSR count). The Kier molecular flexibility index (Phi) is 3.67. The van der Waals surface area contributed by atoms with Crippen LogP contribution in [-0.2, 0) is 0 Å². The van der Waals surface area contributed by atoms with E-state index in [2.05, 4.69) is 29.8 Å². The van der Waals surface area contributed by atoms with Gasteiger partial charge in [0.1, 0.15) is 5.82 Å². The monoisotopic (exact) mass is 233 g/mol. The molecule has 1 fully saturated rings. The summed E-state index contributed by atoms with van der Waals surface area (Å²) in [6.07, 6.45) is 3.11. The first-order valence-electron chi connectivity index (χ1n) is 6.55. The zero-order valence-electron chi connectivity index (χ0n) is 11.1. The molecule has 1 aliphatic rings. The molecule has 0 amide bonds. The summed E-state index contributed by atoms with van der Waals surface area (Å²) in [5.74, 6) is 2.63. The number of nitrogens with two attached hydrogens (primary N) is 1. The SMILES string of the molecule is CC1CCN(c2ncccc2[C@@H](C)N)CC1C. The molecule has 3 nitrogen and oxygen atoms in total. The maximum absolute atomic E-state index is 6.02. The molecule has 0 spiro atoms. The van der Waals surface area contributed by atoms with Gasteiger partial charge in [-0.05, 0) is 31.2 Å². The number of hydrogen-bond acceptors (Lipinski definition) is 3. The van der Waals surface area contributed by atoms with Gasteiger partial charge in [-0.3, -0.25) is 0 Å². The first-order chi connectivity index (χ1) is 8.09. The highest BCUT2D eigenvalue weighted by Crippen LogP contribution is 2.29. The van der Waals surface area contributed by atoms with E-state index in [9.17, 15) is 0 Å². The van der Waals surface area contributed by atoms with E-state index < -0.39 is 0 Å². The molecule has 0 saturated carbocycles. The highest BCUT2D eigenvalue weighted by atomic mass is 15.2. The molecule has 3 atom stereocenters.